The Morgan fingerprint density at radius 3 is 2.50 bits per heavy atom. The maximum Gasteiger partial charge on any atom is 0.574 e. The number of halogens is 4. The number of alkyl halides is 4. The molecule has 1 heterocycles. The zero-order valence-corrected chi connectivity index (χ0v) is 8.01. The first kappa shape index (κ1) is 12.3. The molecule has 0 radical (unpaired) electrons. The first-order chi connectivity index (χ1) is 7.37. The number of nitrogens with zero attached hydrogens (tertiary/aromatic N) is 1. The Bertz CT molecular complexity index is 355. The van der Waals surface area contributed by atoms with Gasteiger partial charge in [0.15, 0.2) is 11.5 Å². The van der Waals surface area contributed by atoms with E-state index in [1.54, 1.807) is 0 Å². The fourth-order valence-corrected chi connectivity index (χ4v) is 0.961. The standard InChI is InChI=1S/C8H7F4NO3/c1-15-5-2-6(16-8(10,11)12)13-4(3-9)7(5)14/h2,14H,3H2,1H3. The number of methoxy groups -OCH3 is 1. The van der Waals surface area contributed by atoms with Gasteiger partial charge in [0.2, 0.25) is 5.88 Å². The summed E-state index contributed by atoms with van der Waals surface area (Å²) in [6.07, 6.45) is -4.94. The van der Waals surface area contributed by atoms with Gasteiger partial charge in [0.05, 0.1) is 7.11 Å². The number of aromatic nitrogens is 1. The van der Waals surface area contributed by atoms with Gasteiger partial charge >= 0.3 is 6.36 Å². The normalized spacial score (nSPS) is 11.3. The van der Waals surface area contributed by atoms with Crippen molar-refractivity contribution >= 4 is 0 Å². The highest BCUT2D eigenvalue weighted by Crippen LogP contribution is 2.34. The third-order valence-corrected chi connectivity index (χ3v) is 1.57. The van der Waals surface area contributed by atoms with E-state index in [0.29, 0.717) is 6.07 Å². The molecule has 0 aliphatic carbocycles. The lowest BCUT2D eigenvalue weighted by atomic mass is 10.3. The molecule has 1 rings (SSSR count). The van der Waals surface area contributed by atoms with Crippen molar-refractivity contribution in [1.29, 1.82) is 0 Å². The molecular weight excluding hydrogens is 234 g/mol. The van der Waals surface area contributed by atoms with E-state index in [0.717, 1.165) is 7.11 Å². The number of aromatic hydroxyl groups is 1. The van der Waals surface area contributed by atoms with Crippen molar-refractivity contribution in [2.75, 3.05) is 7.11 Å². The van der Waals surface area contributed by atoms with Crippen LogP contribution in [-0.4, -0.2) is 23.6 Å². The predicted molar refractivity (Wildman–Crippen MR) is 43.9 cm³/mol. The van der Waals surface area contributed by atoms with Crippen molar-refractivity contribution in [3.63, 3.8) is 0 Å². The third kappa shape index (κ3) is 2.88. The van der Waals surface area contributed by atoms with E-state index in [1.165, 1.54) is 0 Å². The molecule has 4 nitrogen and oxygen atoms in total. The second-order valence-corrected chi connectivity index (χ2v) is 2.64. The van der Waals surface area contributed by atoms with Crippen LogP contribution in [0.5, 0.6) is 17.4 Å². The summed E-state index contributed by atoms with van der Waals surface area (Å²) in [5.41, 5.74) is -0.585. The highest BCUT2D eigenvalue weighted by Gasteiger charge is 2.32. The van der Waals surface area contributed by atoms with Gasteiger partial charge in [-0.3, -0.25) is 0 Å². The van der Waals surface area contributed by atoms with E-state index in [9.17, 15) is 22.7 Å². The first-order valence-electron chi connectivity index (χ1n) is 3.96. The predicted octanol–water partition coefficient (Wildman–Crippen LogP) is 2.16. The van der Waals surface area contributed by atoms with Crippen molar-refractivity contribution in [1.82, 2.24) is 4.98 Å². The molecule has 0 unspecified atom stereocenters. The molecule has 0 aliphatic heterocycles. The first-order valence-corrected chi connectivity index (χ1v) is 3.96. The monoisotopic (exact) mass is 241 g/mol. The summed E-state index contributed by atoms with van der Waals surface area (Å²) in [5, 5.41) is 9.25. The molecule has 1 aromatic heterocycles. The SMILES string of the molecule is COc1cc(OC(F)(F)F)nc(CF)c1O. The number of ether oxygens (including phenoxy) is 2. The van der Waals surface area contributed by atoms with Gasteiger partial charge in [0, 0.05) is 6.07 Å². The fourth-order valence-electron chi connectivity index (χ4n) is 0.961. The second-order valence-electron chi connectivity index (χ2n) is 2.64. The molecule has 0 saturated heterocycles. The summed E-state index contributed by atoms with van der Waals surface area (Å²) < 4.78 is 55.9. The lowest BCUT2D eigenvalue weighted by Crippen LogP contribution is -2.18. The van der Waals surface area contributed by atoms with Crippen LogP contribution in [0.25, 0.3) is 0 Å². The number of rotatable bonds is 3. The van der Waals surface area contributed by atoms with Gasteiger partial charge in [-0.1, -0.05) is 0 Å². The van der Waals surface area contributed by atoms with Crippen LogP contribution in [0.2, 0.25) is 0 Å². The van der Waals surface area contributed by atoms with E-state index in [1.807, 2.05) is 0 Å². The molecule has 0 aromatic carbocycles. The van der Waals surface area contributed by atoms with Crippen molar-refractivity contribution in [2.45, 2.75) is 13.0 Å². The van der Waals surface area contributed by atoms with Gasteiger partial charge in [-0.15, -0.1) is 13.2 Å². The third-order valence-electron chi connectivity index (χ3n) is 1.57. The van der Waals surface area contributed by atoms with Crippen LogP contribution in [0.15, 0.2) is 6.07 Å². The molecule has 90 valence electrons. The minimum absolute atomic E-state index is 0.345. The van der Waals surface area contributed by atoms with Crippen LogP contribution >= 0.6 is 0 Å². The maximum atomic E-state index is 12.3. The molecule has 0 saturated carbocycles. The number of hydrogen-bond acceptors (Lipinski definition) is 4. The highest BCUT2D eigenvalue weighted by molar-refractivity contribution is 5.44. The topological polar surface area (TPSA) is 51.6 Å². The maximum absolute atomic E-state index is 12.3. The summed E-state index contributed by atoms with van der Waals surface area (Å²) in [4.78, 5) is 3.14. The molecule has 8 heteroatoms. The van der Waals surface area contributed by atoms with Crippen molar-refractivity contribution < 1.29 is 32.1 Å². The zero-order valence-electron chi connectivity index (χ0n) is 8.01. The Labute approximate surface area is 87.4 Å². The Balaban J connectivity index is 3.12. The van der Waals surface area contributed by atoms with Crippen molar-refractivity contribution in [3.8, 4) is 17.4 Å². The van der Waals surface area contributed by atoms with Crippen LogP contribution in [0.4, 0.5) is 17.6 Å². The quantitative estimate of drug-likeness (QED) is 0.824. The molecule has 1 aromatic rings. The smallest absolute Gasteiger partial charge is 0.503 e. The average molecular weight is 241 g/mol. The lowest BCUT2D eigenvalue weighted by Gasteiger charge is -2.11. The summed E-state index contributed by atoms with van der Waals surface area (Å²) >= 11 is 0. The van der Waals surface area contributed by atoms with Gasteiger partial charge < -0.3 is 14.6 Å². The molecule has 16 heavy (non-hydrogen) atoms. The molecule has 0 atom stereocenters. The van der Waals surface area contributed by atoms with Crippen LogP contribution in [0.1, 0.15) is 5.69 Å². The highest BCUT2D eigenvalue weighted by atomic mass is 19.4. The van der Waals surface area contributed by atoms with Crippen LogP contribution in [-0.2, 0) is 6.67 Å². The Morgan fingerprint density at radius 2 is 2.06 bits per heavy atom. The van der Waals surface area contributed by atoms with Crippen LogP contribution < -0.4 is 9.47 Å². The average Bonchev–Trinajstić information content (AvgIpc) is 2.18. The Morgan fingerprint density at radius 1 is 1.44 bits per heavy atom. The zero-order chi connectivity index (χ0) is 12.3. The summed E-state index contributed by atoms with van der Waals surface area (Å²) in [7, 11) is 1.11. The van der Waals surface area contributed by atoms with Crippen LogP contribution in [0, 0.1) is 0 Å². The number of hydrogen-bond donors (Lipinski definition) is 1. The van der Waals surface area contributed by atoms with Gasteiger partial charge in [-0.05, 0) is 0 Å². The molecule has 0 amide bonds. The van der Waals surface area contributed by atoms with Crippen molar-refractivity contribution in [3.05, 3.63) is 11.8 Å². The van der Waals surface area contributed by atoms with Gasteiger partial charge in [-0.2, -0.15) is 0 Å². The summed E-state index contributed by atoms with van der Waals surface area (Å²) in [6, 6.07) is 0.710. The molecule has 0 fully saturated rings. The Kier molecular flexibility index (Phi) is 3.41. The van der Waals surface area contributed by atoms with Crippen LogP contribution in [0.3, 0.4) is 0 Å². The number of pyridine rings is 1. The fraction of sp³-hybridized carbons (Fsp3) is 0.375. The summed E-state index contributed by atoms with van der Waals surface area (Å²) in [5.74, 6) is -1.89. The largest absolute Gasteiger partial charge is 0.574 e. The molecule has 0 bridgehead atoms. The van der Waals surface area contributed by atoms with E-state index < -0.39 is 30.4 Å². The van der Waals surface area contributed by atoms with E-state index in [2.05, 4.69) is 14.5 Å². The summed E-state index contributed by atoms with van der Waals surface area (Å²) in [6.45, 7) is -1.24. The van der Waals surface area contributed by atoms with Gasteiger partial charge in [0.25, 0.3) is 0 Å². The molecule has 0 spiro atoms. The molecule has 1 N–H and O–H groups in total. The van der Waals surface area contributed by atoms with E-state index >= 15 is 0 Å². The Hall–Kier alpha value is -1.73. The van der Waals surface area contributed by atoms with Gasteiger partial charge in [-0.25, -0.2) is 9.37 Å². The van der Waals surface area contributed by atoms with E-state index in [-0.39, 0.29) is 5.75 Å². The van der Waals surface area contributed by atoms with Crippen molar-refractivity contribution in [2.24, 2.45) is 0 Å². The lowest BCUT2D eigenvalue weighted by molar-refractivity contribution is -0.276. The van der Waals surface area contributed by atoms with Gasteiger partial charge in [0.1, 0.15) is 12.4 Å². The molecule has 0 aliphatic rings. The molecular formula is C8H7F4NO3. The van der Waals surface area contributed by atoms with E-state index in [4.69, 9.17) is 0 Å². The minimum atomic E-state index is -4.94. The minimum Gasteiger partial charge on any atom is -0.503 e. The second kappa shape index (κ2) is 4.42.